The molecule has 2 heterocycles. The van der Waals surface area contributed by atoms with E-state index in [-0.39, 0.29) is 22.5 Å². The smallest absolute Gasteiger partial charge is 0.195 e. The average molecular weight is 957 g/mol. The first-order valence-corrected chi connectivity index (χ1v) is 25.1. The SMILES string of the molecule is O=S(=O)([O-])c1cc(Nc2cc(Sc3ccccc3)nc(Sc3ccccc3)n2)ccc1/C=C/c1ccc(Nc2cc(Sc3ccccc3)nc(Sc3ccccc3)n2)cc1S(=O)(=O)[O-]. The maximum atomic E-state index is 12.7. The van der Waals surface area contributed by atoms with Crippen LogP contribution in [0.3, 0.4) is 0 Å². The third-order valence-corrected chi connectivity index (χ3v) is 14.1. The Hall–Kier alpha value is -5.96. The van der Waals surface area contributed by atoms with E-state index < -0.39 is 30.0 Å². The van der Waals surface area contributed by atoms with Crippen LogP contribution in [-0.2, 0) is 20.2 Å². The van der Waals surface area contributed by atoms with Crippen LogP contribution >= 0.6 is 47.0 Å². The highest BCUT2D eigenvalue weighted by Gasteiger charge is 2.15. The van der Waals surface area contributed by atoms with E-state index in [1.165, 1.54) is 83.5 Å². The molecule has 8 rings (SSSR count). The third-order valence-electron chi connectivity index (χ3n) is 8.75. The summed E-state index contributed by atoms with van der Waals surface area (Å²) in [7, 11) is -10.1. The monoisotopic (exact) mass is 956 g/mol. The van der Waals surface area contributed by atoms with Crippen molar-refractivity contribution in [2.75, 3.05) is 10.6 Å². The van der Waals surface area contributed by atoms with Crippen molar-refractivity contribution in [2.24, 2.45) is 0 Å². The maximum Gasteiger partial charge on any atom is 0.195 e. The summed E-state index contributed by atoms with van der Waals surface area (Å²) in [4.78, 5) is 21.3. The van der Waals surface area contributed by atoms with Crippen molar-refractivity contribution in [2.45, 2.75) is 49.7 Å². The number of benzene rings is 6. The molecule has 0 aliphatic heterocycles. The maximum absolute atomic E-state index is 12.7. The fourth-order valence-corrected chi connectivity index (χ4v) is 10.7. The Bertz CT molecular complexity index is 2840. The lowest BCUT2D eigenvalue weighted by Crippen LogP contribution is -2.04. The molecule has 0 aliphatic rings. The molecular formula is C46H32N6O6S6-2. The molecule has 6 aromatic carbocycles. The molecule has 0 unspecified atom stereocenters. The van der Waals surface area contributed by atoms with Gasteiger partial charge in [0.25, 0.3) is 0 Å². The Morgan fingerprint density at radius 2 is 0.734 bits per heavy atom. The molecule has 0 spiro atoms. The van der Waals surface area contributed by atoms with Crippen LogP contribution < -0.4 is 10.6 Å². The van der Waals surface area contributed by atoms with Gasteiger partial charge in [-0.15, -0.1) is 0 Å². The largest absolute Gasteiger partial charge is 0.744 e. The van der Waals surface area contributed by atoms with Gasteiger partial charge in [-0.25, -0.2) is 36.8 Å². The van der Waals surface area contributed by atoms with E-state index in [2.05, 4.69) is 20.6 Å². The number of aromatic nitrogens is 4. The Kier molecular flexibility index (Phi) is 14.1. The van der Waals surface area contributed by atoms with Crippen LogP contribution in [0.2, 0.25) is 0 Å². The Morgan fingerprint density at radius 1 is 0.406 bits per heavy atom. The minimum absolute atomic E-state index is 0.0341. The van der Waals surface area contributed by atoms with Gasteiger partial charge in [-0.1, -0.05) is 121 Å². The summed E-state index contributed by atoms with van der Waals surface area (Å²) in [6.45, 7) is 0. The van der Waals surface area contributed by atoms with Crippen molar-refractivity contribution in [1.29, 1.82) is 0 Å². The van der Waals surface area contributed by atoms with Gasteiger partial charge in [-0.3, -0.25) is 0 Å². The molecule has 0 amide bonds. The minimum Gasteiger partial charge on any atom is -0.744 e. The van der Waals surface area contributed by atoms with Crippen LogP contribution in [0.1, 0.15) is 11.1 Å². The lowest BCUT2D eigenvalue weighted by atomic mass is 10.1. The summed E-state index contributed by atoms with van der Waals surface area (Å²) >= 11 is 5.54. The van der Waals surface area contributed by atoms with Crippen molar-refractivity contribution in [3.63, 3.8) is 0 Å². The van der Waals surface area contributed by atoms with Crippen molar-refractivity contribution in [1.82, 2.24) is 19.9 Å². The molecule has 12 nitrogen and oxygen atoms in total. The first kappa shape index (κ1) is 44.6. The van der Waals surface area contributed by atoms with Crippen molar-refractivity contribution in [3.8, 4) is 0 Å². The zero-order valence-corrected chi connectivity index (χ0v) is 37.9. The van der Waals surface area contributed by atoms with E-state index in [1.54, 1.807) is 24.3 Å². The second-order valence-electron chi connectivity index (χ2n) is 13.4. The highest BCUT2D eigenvalue weighted by Crippen LogP contribution is 2.35. The third kappa shape index (κ3) is 12.4. The summed E-state index contributed by atoms with van der Waals surface area (Å²) < 4.78 is 76.0. The van der Waals surface area contributed by atoms with E-state index in [4.69, 9.17) is 9.97 Å². The first-order valence-electron chi connectivity index (χ1n) is 19.0. The molecule has 2 N–H and O–H groups in total. The number of nitrogens with one attached hydrogen (secondary N) is 2. The van der Waals surface area contributed by atoms with Gasteiger partial charge in [-0.05, 0) is 107 Å². The molecule has 0 saturated carbocycles. The number of anilines is 4. The summed E-state index contributed by atoms with van der Waals surface area (Å²) in [5, 5.41) is 8.35. The Balaban J connectivity index is 1.07. The minimum atomic E-state index is -5.07. The molecule has 0 atom stereocenters. The van der Waals surface area contributed by atoms with Gasteiger partial charge in [0.15, 0.2) is 10.3 Å². The summed E-state index contributed by atoms with van der Waals surface area (Å²) in [6.07, 6.45) is 2.54. The van der Waals surface area contributed by atoms with Gasteiger partial charge >= 0.3 is 0 Å². The highest BCUT2D eigenvalue weighted by atomic mass is 32.2. The Morgan fingerprint density at radius 3 is 1.06 bits per heavy atom. The van der Waals surface area contributed by atoms with Gasteiger partial charge in [0.2, 0.25) is 0 Å². The van der Waals surface area contributed by atoms with E-state index in [9.17, 15) is 25.9 Å². The van der Waals surface area contributed by atoms with Crippen LogP contribution in [0.4, 0.5) is 23.0 Å². The topological polar surface area (TPSA) is 190 Å². The summed E-state index contributed by atoms with van der Waals surface area (Å²) in [6, 6.07) is 50.1. The van der Waals surface area contributed by atoms with E-state index in [0.717, 1.165) is 19.6 Å². The van der Waals surface area contributed by atoms with Gasteiger partial charge in [0, 0.05) is 43.1 Å². The van der Waals surface area contributed by atoms with Crippen LogP contribution in [0.5, 0.6) is 0 Å². The van der Waals surface area contributed by atoms with E-state index >= 15 is 0 Å². The number of hydrogen-bond acceptors (Lipinski definition) is 16. The van der Waals surface area contributed by atoms with Crippen LogP contribution in [-0.4, -0.2) is 45.9 Å². The van der Waals surface area contributed by atoms with Gasteiger partial charge < -0.3 is 19.7 Å². The van der Waals surface area contributed by atoms with Crippen LogP contribution in [0.25, 0.3) is 12.2 Å². The van der Waals surface area contributed by atoms with Crippen molar-refractivity contribution in [3.05, 3.63) is 181 Å². The van der Waals surface area contributed by atoms with E-state index in [0.29, 0.717) is 32.0 Å². The molecule has 320 valence electrons. The summed E-state index contributed by atoms with van der Waals surface area (Å²) in [5.41, 5.74) is 0.423. The normalized spacial score (nSPS) is 11.7. The van der Waals surface area contributed by atoms with Gasteiger partial charge in [-0.2, -0.15) is 0 Å². The molecule has 0 saturated heterocycles. The molecule has 0 radical (unpaired) electrons. The molecule has 0 fully saturated rings. The zero-order valence-electron chi connectivity index (χ0n) is 33.0. The predicted molar refractivity (Wildman–Crippen MR) is 251 cm³/mol. The van der Waals surface area contributed by atoms with Gasteiger partial charge in [0.1, 0.15) is 41.9 Å². The molecule has 18 heteroatoms. The Labute approximate surface area is 387 Å². The van der Waals surface area contributed by atoms with Gasteiger partial charge in [0.05, 0.1) is 9.79 Å². The fraction of sp³-hybridized carbons (Fsp3) is 0. The second kappa shape index (κ2) is 20.3. The van der Waals surface area contributed by atoms with Crippen LogP contribution in [0.15, 0.2) is 220 Å². The molecule has 8 aromatic rings. The number of rotatable bonds is 16. The van der Waals surface area contributed by atoms with Crippen LogP contribution in [0, 0.1) is 0 Å². The quantitative estimate of drug-likeness (QED) is 0.0402. The lowest BCUT2D eigenvalue weighted by molar-refractivity contribution is 0.460. The molecule has 0 aliphatic carbocycles. The number of hydrogen-bond donors (Lipinski definition) is 2. The fourth-order valence-electron chi connectivity index (χ4n) is 5.95. The van der Waals surface area contributed by atoms with Crippen molar-refractivity contribution < 1.29 is 25.9 Å². The molecule has 64 heavy (non-hydrogen) atoms. The predicted octanol–water partition coefficient (Wildman–Crippen LogP) is 11.3. The molecular weight excluding hydrogens is 925 g/mol. The standard InChI is InChI=1S/C46H34N6O6S6/c53-63(54,55)39-27-33(47-41-29-43(59-35-13-5-1-6-14-35)51-45(49-41)61-37-17-9-3-10-18-37)25-23-31(39)21-22-32-24-26-34(28-40(32)64(56,57)58)48-42-30-44(60-36-15-7-2-8-16-36)52-46(50-42)62-38-19-11-4-12-20-38/h1-30H,(H,47,49,51)(H,48,50,52)(H,53,54,55)(H,56,57,58)/p-2/b22-21+. The second-order valence-corrected chi connectivity index (χ2v) is 20.4. The zero-order chi connectivity index (χ0) is 44.5. The molecule has 0 bridgehead atoms. The van der Waals surface area contributed by atoms with Crippen molar-refractivity contribution >= 4 is 102 Å². The molecule has 2 aromatic heterocycles. The van der Waals surface area contributed by atoms with E-state index in [1.807, 2.05) is 121 Å². The lowest BCUT2D eigenvalue weighted by Gasteiger charge is -2.16. The highest BCUT2D eigenvalue weighted by molar-refractivity contribution is 8.00. The first-order chi connectivity index (χ1) is 30.9. The summed E-state index contributed by atoms with van der Waals surface area (Å²) in [5.74, 6) is 0.699. The average Bonchev–Trinajstić information content (AvgIpc) is 3.27. The number of nitrogens with zero attached hydrogens (tertiary/aromatic N) is 4.